The highest BCUT2D eigenvalue weighted by molar-refractivity contribution is 5.77. The molecule has 0 spiro atoms. The predicted molar refractivity (Wildman–Crippen MR) is 76.2 cm³/mol. The Balaban J connectivity index is 2.20. The average molecular weight is 258 g/mol. The van der Waals surface area contributed by atoms with Crippen LogP contribution in [0.25, 0.3) is 10.9 Å². The van der Waals surface area contributed by atoms with E-state index in [1.807, 2.05) is 31.2 Å². The van der Waals surface area contributed by atoms with Crippen LogP contribution in [-0.4, -0.2) is 35.3 Å². The molecule has 0 saturated carbocycles. The van der Waals surface area contributed by atoms with E-state index >= 15 is 0 Å². The van der Waals surface area contributed by atoms with Crippen molar-refractivity contribution in [1.82, 2.24) is 15.0 Å². The van der Waals surface area contributed by atoms with E-state index in [4.69, 9.17) is 0 Å². The van der Waals surface area contributed by atoms with Gasteiger partial charge in [-0.05, 0) is 26.0 Å². The molecule has 5 heteroatoms. The second kappa shape index (κ2) is 4.66. The molecule has 2 aromatic rings. The Morgan fingerprint density at radius 3 is 2.95 bits per heavy atom. The number of fused-ring (bicyclic) bond motifs is 1. The van der Waals surface area contributed by atoms with Gasteiger partial charge < -0.3 is 10.3 Å². The minimum atomic E-state index is 0.0249. The number of aryl methyl sites for hydroxylation is 1. The van der Waals surface area contributed by atoms with E-state index in [1.54, 1.807) is 4.68 Å². The van der Waals surface area contributed by atoms with Gasteiger partial charge in [0.1, 0.15) is 5.82 Å². The van der Waals surface area contributed by atoms with Crippen LogP contribution in [-0.2, 0) is 0 Å². The Hall–Kier alpha value is -1.88. The maximum Gasteiger partial charge on any atom is 0.280 e. The molecule has 1 fully saturated rings. The smallest absolute Gasteiger partial charge is 0.280 e. The lowest BCUT2D eigenvalue weighted by Gasteiger charge is -2.37. The second-order valence-electron chi connectivity index (χ2n) is 5.01. The Bertz CT molecular complexity index is 664. The van der Waals surface area contributed by atoms with Crippen LogP contribution in [0.2, 0.25) is 0 Å². The van der Waals surface area contributed by atoms with Crippen molar-refractivity contribution in [3.05, 3.63) is 40.4 Å². The van der Waals surface area contributed by atoms with Crippen LogP contribution in [0.5, 0.6) is 0 Å². The molecule has 1 N–H and O–H groups in total. The van der Waals surface area contributed by atoms with E-state index in [-0.39, 0.29) is 11.6 Å². The summed E-state index contributed by atoms with van der Waals surface area (Å²) in [6.07, 6.45) is 0. The number of benzene rings is 1. The Labute approximate surface area is 111 Å². The standard InChI is InChI=1S/C14H18N4O/c1-10-9-15-7-8-17(10)18-11(2)16-13-6-4-3-5-12(13)14(18)19/h3-6,10,15H,7-9H2,1-2H3. The van der Waals surface area contributed by atoms with Gasteiger partial charge in [-0.1, -0.05) is 12.1 Å². The summed E-state index contributed by atoms with van der Waals surface area (Å²) >= 11 is 0. The van der Waals surface area contributed by atoms with Crippen LogP contribution < -0.4 is 15.9 Å². The van der Waals surface area contributed by atoms with Crippen molar-refractivity contribution in [2.45, 2.75) is 19.9 Å². The number of aromatic nitrogens is 2. The zero-order chi connectivity index (χ0) is 13.4. The second-order valence-corrected chi connectivity index (χ2v) is 5.01. The predicted octanol–water partition coefficient (Wildman–Crippen LogP) is 0.635. The minimum Gasteiger partial charge on any atom is -0.313 e. The van der Waals surface area contributed by atoms with Gasteiger partial charge in [-0.15, -0.1) is 0 Å². The number of nitrogens with zero attached hydrogens (tertiary/aromatic N) is 3. The van der Waals surface area contributed by atoms with Gasteiger partial charge in [-0.2, -0.15) is 0 Å². The van der Waals surface area contributed by atoms with Gasteiger partial charge in [0.2, 0.25) is 0 Å². The molecular weight excluding hydrogens is 240 g/mol. The number of hydrogen-bond acceptors (Lipinski definition) is 4. The lowest BCUT2D eigenvalue weighted by atomic mass is 10.2. The topological polar surface area (TPSA) is 50.2 Å². The van der Waals surface area contributed by atoms with Crippen molar-refractivity contribution >= 4 is 10.9 Å². The lowest BCUT2D eigenvalue weighted by Crippen LogP contribution is -2.58. The fourth-order valence-corrected chi connectivity index (χ4v) is 2.66. The highest BCUT2D eigenvalue weighted by Crippen LogP contribution is 2.09. The van der Waals surface area contributed by atoms with Crippen molar-refractivity contribution in [1.29, 1.82) is 0 Å². The molecule has 19 heavy (non-hydrogen) atoms. The van der Waals surface area contributed by atoms with Gasteiger partial charge in [0, 0.05) is 19.6 Å². The summed E-state index contributed by atoms with van der Waals surface area (Å²) in [4.78, 5) is 17.2. The molecule has 1 saturated heterocycles. The van der Waals surface area contributed by atoms with Crippen LogP contribution in [0, 0.1) is 6.92 Å². The van der Waals surface area contributed by atoms with E-state index in [1.165, 1.54) is 0 Å². The van der Waals surface area contributed by atoms with Gasteiger partial charge in [0.05, 0.1) is 16.9 Å². The maximum atomic E-state index is 12.7. The molecule has 0 aliphatic carbocycles. The first-order valence-electron chi connectivity index (χ1n) is 6.64. The Kier molecular flexibility index (Phi) is 2.98. The molecule has 2 heterocycles. The fourth-order valence-electron chi connectivity index (χ4n) is 2.66. The monoisotopic (exact) mass is 258 g/mol. The van der Waals surface area contributed by atoms with Crippen LogP contribution in [0.15, 0.2) is 29.1 Å². The van der Waals surface area contributed by atoms with Crippen molar-refractivity contribution < 1.29 is 0 Å². The van der Waals surface area contributed by atoms with Crippen LogP contribution in [0.3, 0.4) is 0 Å². The zero-order valence-corrected chi connectivity index (χ0v) is 11.3. The molecule has 0 amide bonds. The highest BCUT2D eigenvalue weighted by atomic mass is 16.1. The molecule has 1 aliphatic heterocycles. The largest absolute Gasteiger partial charge is 0.313 e. The molecule has 100 valence electrons. The van der Waals surface area contributed by atoms with Crippen molar-refractivity contribution in [2.75, 3.05) is 24.6 Å². The van der Waals surface area contributed by atoms with Crippen LogP contribution >= 0.6 is 0 Å². The number of para-hydroxylation sites is 1. The van der Waals surface area contributed by atoms with Gasteiger partial charge in [-0.25, -0.2) is 9.66 Å². The van der Waals surface area contributed by atoms with E-state index in [2.05, 4.69) is 22.2 Å². The van der Waals surface area contributed by atoms with Gasteiger partial charge >= 0.3 is 0 Å². The highest BCUT2D eigenvalue weighted by Gasteiger charge is 2.21. The van der Waals surface area contributed by atoms with E-state index in [9.17, 15) is 4.79 Å². The van der Waals surface area contributed by atoms with Crippen molar-refractivity contribution in [3.8, 4) is 0 Å². The average Bonchev–Trinajstić information content (AvgIpc) is 2.41. The normalized spacial score (nSPS) is 19.9. The van der Waals surface area contributed by atoms with Crippen molar-refractivity contribution in [2.24, 2.45) is 0 Å². The third-order valence-corrected chi connectivity index (χ3v) is 3.64. The first kappa shape index (κ1) is 12.2. The minimum absolute atomic E-state index is 0.0249. The molecule has 1 aromatic heterocycles. The summed E-state index contributed by atoms with van der Waals surface area (Å²) in [5, 5.41) is 6.12. The molecule has 0 radical (unpaired) electrons. The molecule has 0 bridgehead atoms. The van der Waals surface area contributed by atoms with Crippen molar-refractivity contribution in [3.63, 3.8) is 0 Å². The summed E-state index contributed by atoms with van der Waals surface area (Å²) in [5.41, 5.74) is 0.792. The number of hydrogen-bond donors (Lipinski definition) is 1. The molecule has 1 aliphatic rings. The van der Waals surface area contributed by atoms with Gasteiger partial charge in [0.25, 0.3) is 5.56 Å². The number of piperazine rings is 1. The van der Waals surface area contributed by atoms with Gasteiger partial charge in [-0.3, -0.25) is 4.79 Å². The van der Waals surface area contributed by atoms with Crippen LogP contribution in [0.4, 0.5) is 0 Å². The summed E-state index contributed by atoms with van der Waals surface area (Å²) in [7, 11) is 0. The van der Waals surface area contributed by atoms with E-state index < -0.39 is 0 Å². The zero-order valence-electron chi connectivity index (χ0n) is 11.3. The lowest BCUT2D eigenvalue weighted by molar-refractivity contribution is 0.400. The third kappa shape index (κ3) is 2.00. The summed E-state index contributed by atoms with van der Waals surface area (Å²) in [5.74, 6) is 0.748. The quantitative estimate of drug-likeness (QED) is 0.815. The maximum absolute atomic E-state index is 12.7. The third-order valence-electron chi connectivity index (χ3n) is 3.64. The SMILES string of the molecule is Cc1nc2ccccc2c(=O)n1N1CCNCC1C. The molecule has 1 aromatic carbocycles. The van der Waals surface area contributed by atoms with Crippen LogP contribution in [0.1, 0.15) is 12.7 Å². The summed E-state index contributed by atoms with van der Waals surface area (Å²) in [6.45, 7) is 6.61. The molecular formula is C14H18N4O. The van der Waals surface area contributed by atoms with E-state index in [0.29, 0.717) is 5.39 Å². The molecule has 5 nitrogen and oxygen atoms in total. The Morgan fingerprint density at radius 2 is 2.16 bits per heavy atom. The van der Waals surface area contributed by atoms with E-state index in [0.717, 1.165) is 31.0 Å². The molecule has 1 atom stereocenters. The molecule has 1 unspecified atom stereocenters. The Morgan fingerprint density at radius 1 is 1.37 bits per heavy atom. The summed E-state index contributed by atoms with van der Waals surface area (Å²) in [6, 6.07) is 7.80. The number of rotatable bonds is 1. The first-order valence-corrected chi connectivity index (χ1v) is 6.64. The molecule has 3 rings (SSSR count). The number of nitrogens with one attached hydrogen (secondary N) is 1. The fraction of sp³-hybridized carbons (Fsp3) is 0.429. The van der Waals surface area contributed by atoms with Gasteiger partial charge in [0.15, 0.2) is 0 Å². The first-order chi connectivity index (χ1) is 9.18. The summed E-state index contributed by atoms with van der Waals surface area (Å²) < 4.78 is 1.73.